The Bertz CT molecular complexity index is 1100. The average molecular weight is 473 g/mol. The van der Waals surface area contributed by atoms with Crippen molar-refractivity contribution >= 4 is 26.8 Å². The molecule has 0 atom stereocenters. The zero-order valence-corrected chi connectivity index (χ0v) is 19.5. The van der Waals surface area contributed by atoms with Crippen LogP contribution in [0, 0.1) is 0 Å². The Morgan fingerprint density at radius 2 is 1.60 bits per heavy atom. The molecule has 1 aromatic heterocycles. The van der Waals surface area contributed by atoms with Crippen LogP contribution in [-0.4, -0.2) is 33.3 Å². The third-order valence-electron chi connectivity index (χ3n) is 5.73. The van der Waals surface area contributed by atoms with E-state index >= 15 is 0 Å². The van der Waals surface area contributed by atoms with Gasteiger partial charge >= 0.3 is 0 Å². The lowest BCUT2D eigenvalue weighted by Crippen LogP contribution is -2.35. The Morgan fingerprint density at radius 1 is 0.900 bits per heavy atom. The van der Waals surface area contributed by atoms with E-state index in [9.17, 15) is 0 Å². The fraction of sp³-hybridized carbons (Fsp3) is 0.375. The van der Waals surface area contributed by atoms with Gasteiger partial charge in [-0.2, -0.15) is 4.57 Å². The predicted molar refractivity (Wildman–Crippen MR) is 122 cm³/mol. The number of aryl methyl sites for hydroxylation is 3. The summed E-state index contributed by atoms with van der Waals surface area (Å²) in [4.78, 5) is 0. The zero-order valence-electron chi connectivity index (χ0n) is 17.9. The lowest BCUT2D eigenvalue weighted by atomic mass is 9.87. The van der Waals surface area contributed by atoms with Gasteiger partial charge in [-0.3, -0.25) is 0 Å². The van der Waals surface area contributed by atoms with Crippen molar-refractivity contribution in [1.29, 1.82) is 0 Å². The summed E-state index contributed by atoms with van der Waals surface area (Å²) >= 11 is 3.47. The molecular weight excluding hydrogens is 446 g/mol. The molecular formula is C24H27BrNO4+. The monoisotopic (exact) mass is 472 g/mol. The largest absolute Gasteiger partial charge is 0.493 e. The van der Waals surface area contributed by atoms with Crippen LogP contribution in [0.15, 0.2) is 30.3 Å². The minimum Gasteiger partial charge on any atom is -0.493 e. The molecule has 0 fully saturated rings. The van der Waals surface area contributed by atoms with Crippen molar-refractivity contribution in [2.75, 3.05) is 33.3 Å². The number of rotatable bonds is 7. The highest BCUT2D eigenvalue weighted by molar-refractivity contribution is 9.09. The molecule has 1 aliphatic rings. The smallest absolute Gasteiger partial charge is 0.216 e. The van der Waals surface area contributed by atoms with E-state index in [1.54, 1.807) is 21.3 Å². The van der Waals surface area contributed by atoms with E-state index in [-0.39, 0.29) is 0 Å². The molecule has 0 amide bonds. The van der Waals surface area contributed by atoms with Gasteiger partial charge in [-0.05, 0) is 49.1 Å². The van der Waals surface area contributed by atoms with Crippen LogP contribution in [0.3, 0.4) is 0 Å². The third kappa shape index (κ3) is 3.47. The zero-order chi connectivity index (χ0) is 21.3. The summed E-state index contributed by atoms with van der Waals surface area (Å²) in [5.41, 5.74) is 6.07. The molecule has 1 aliphatic carbocycles. The van der Waals surface area contributed by atoms with Crippen LogP contribution >= 0.6 is 15.9 Å². The molecule has 158 valence electrons. The summed E-state index contributed by atoms with van der Waals surface area (Å²) in [7, 11) is 7.16. The Morgan fingerprint density at radius 3 is 2.30 bits per heavy atom. The Hall–Kier alpha value is -2.47. The van der Waals surface area contributed by atoms with Gasteiger partial charge in [0.15, 0.2) is 23.0 Å². The highest BCUT2D eigenvalue weighted by Crippen LogP contribution is 2.42. The van der Waals surface area contributed by atoms with Crippen LogP contribution in [0.25, 0.3) is 22.2 Å². The van der Waals surface area contributed by atoms with Crippen molar-refractivity contribution in [2.24, 2.45) is 7.05 Å². The highest BCUT2D eigenvalue weighted by Gasteiger charge is 2.29. The average Bonchev–Trinajstić information content (AvgIpc) is 2.78. The van der Waals surface area contributed by atoms with E-state index in [1.165, 1.54) is 22.4 Å². The predicted octanol–water partition coefficient (Wildman–Crippen LogP) is 4.62. The molecule has 2 aromatic carbocycles. The minimum atomic E-state index is 0.640. The summed E-state index contributed by atoms with van der Waals surface area (Å²) in [5, 5.41) is 1.99. The topological polar surface area (TPSA) is 40.8 Å². The number of fused-ring (bicyclic) bond motifs is 4. The molecule has 1 heterocycles. The number of methoxy groups -OCH3 is 3. The molecule has 0 aliphatic heterocycles. The van der Waals surface area contributed by atoms with Crippen LogP contribution in [0.2, 0.25) is 0 Å². The summed E-state index contributed by atoms with van der Waals surface area (Å²) in [6, 6.07) is 10.5. The molecule has 0 N–H and O–H groups in total. The van der Waals surface area contributed by atoms with Gasteiger partial charge in [0.1, 0.15) is 7.05 Å². The molecule has 5 nitrogen and oxygen atoms in total. The molecule has 0 radical (unpaired) electrons. The quantitative estimate of drug-likeness (QED) is 0.285. The van der Waals surface area contributed by atoms with Crippen molar-refractivity contribution in [2.45, 2.75) is 19.3 Å². The summed E-state index contributed by atoms with van der Waals surface area (Å²) < 4.78 is 25.1. The molecule has 0 saturated carbocycles. The summed E-state index contributed by atoms with van der Waals surface area (Å²) in [5.74, 6) is 3.10. The molecule has 6 heteroatoms. The van der Waals surface area contributed by atoms with E-state index in [2.05, 4.69) is 51.8 Å². The van der Waals surface area contributed by atoms with E-state index in [0.717, 1.165) is 58.5 Å². The van der Waals surface area contributed by atoms with Gasteiger partial charge in [-0.15, -0.1) is 0 Å². The van der Waals surface area contributed by atoms with Crippen molar-refractivity contribution in [3.8, 4) is 34.3 Å². The number of alkyl halides is 1. The number of halogens is 1. The number of hydrogen-bond donors (Lipinski definition) is 0. The van der Waals surface area contributed by atoms with Gasteiger partial charge in [0, 0.05) is 17.0 Å². The van der Waals surface area contributed by atoms with Gasteiger partial charge in [0.2, 0.25) is 11.2 Å². The number of aromatic nitrogens is 1. The molecule has 0 saturated heterocycles. The summed E-state index contributed by atoms with van der Waals surface area (Å²) in [6.45, 7) is 0.640. The lowest BCUT2D eigenvalue weighted by molar-refractivity contribution is -0.634. The first-order valence-corrected chi connectivity index (χ1v) is 11.2. The minimum absolute atomic E-state index is 0.640. The maximum absolute atomic E-state index is 6.16. The lowest BCUT2D eigenvalue weighted by Gasteiger charge is -2.21. The van der Waals surface area contributed by atoms with Gasteiger partial charge in [0.25, 0.3) is 0 Å². The SMILES string of the molecule is COc1cc2c(cc1OC)-c1c(cc3c(OCCCBr)c(OC)ccc3[n+]1C)CC2. The van der Waals surface area contributed by atoms with Crippen molar-refractivity contribution < 1.29 is 23.5 Å². The molecule has 0 bridgehead atoms. The fourth-order valence-corrected chi connectivity index (χ4v) is 4.51. The second-order valence-electron chi connectivity index (χ2n) is 7.36. The van der Waals surface area contributed by atoms with E-state index in [1.807, 2.05) is 6.07 Å². The number of benzene rings is 2. The highest BCUT2D eigenvalue weighted by atomic mass is 79.9. The van der Waals surface area contributed by atoms with E-state index in [4.69, 9.17) is 18.9 Å². The van der Waals surface area contributed by atoms with Gasteiger partial charge in [-0.25, -0.2) is 0 Å². The number of nitrogens with zero attached hydrogens (tertiary/aromatic N) is 1. The van der Waals surface area contributed by atoms with Crippen molar-refractivity contribution in [3.05, 3.63) is 41.5 Å². The summed E-state index contributed by atoms with van der Waals surface area (Å²) in [6.07, 6.45) is 2.85. The van der Waals surface area contributed by atoms with Crippen LogP contribution in [0.5, 0.6) is 23.0 Å². The van der Waals surface area contributed by atoms with Crippen molar-refractivity contribution in [3.63, 3.8) is 0 Å². The van der Waals surface area contributed by atoms with Crippen LogP contribution in [0.4, 0.5) is 0 Å². The Kier molecular flexibility index (Phi) is 6.04. The Balaban J connectivity index is 1.93. The van der Waals surface area contributed by atoms with Crippen LogP contribution in [-0.2, 0) is 19.9 Å². The standard InChI is InChI=1S/C24H27BrNO4/c1-26-19-8-9-20(27-2)24(30-11-5-10-25)18(19)12-16-7-6-15-13-21(28-3)22(29-4)14-17(15)23(16)26/h8-9,12-14H,5-7,10-11H2,1-4H3/q+1. The van der Waals surface area contributed by atoms with Crippen LogP contribution in [0.1, 0.15) is 17.5 Å². The molecule has 0 spiro atoms. The number of ether oxygens (including phenoxy) is 4. The maximum atomic E-state index is 6.16. The third-order valence-corrected chi connectivity index (χ3v) is 6.29. The second kappa shape index (κ2) is 8.72. The van der Waals surface area contributed by atoms with Gasteiger partial charge in [0.05, 0.1) is 38.9 Å². The first-order chi connectivity index (χ1) is 14.6. The second-order valence-corrected chi connectivity index (χ2v) is 8.16. The molecule has 3 aromatic rings. The number of pyridine rings is 1. The maximum Gasteiger partial charge on any atom is 0.216 e. The van der Waals surface area contributed by atoms with Gasteiger partial charge in [-0.1, -0.05) is 15.9 Å². The van der Waals surface area contributed by atoms with E-state index < -0.39 is 0 Å². The van der Waals surface area contributed by atoms with Gasteiger partial charge < -0.3 is 18.9 Å². The fourth-order valence-electron chi connectivity index (χ4n) is 4.28. The molecule has 0 unspecified atom stereocenters. The first-order valence-electron chi connectivity index (χ1n) is 10.1. The van der Waals surface area contributed by atoms with Crippen molar-refractivity contribution in [1.82, 2.24) is 0 Å². The van der Waals surface area contributed by atoms with E-state index in [0.29, 0.717) is 6.61 Å². The number of hydrogen-bond acceptors (Lipinski definition) is 4. The normalized spacial score (nSPS) is 12.3. The molecule has 4 rings (SSSR count). The first kappa shape index (κ1) is 20.8. The van der Waals surface area contributed by atoms with Crippen LogP contribution < -0.4 is 23.5 Å². The molecule has 30 heavy (non-hydrogen) atoms. The Labute approximate surface area is 185 Å².